The molecule has 3 unspecified atom stereocenters. The molecule has 0 aromatic rings. The van der Waals surface area contributed by atoms with Crippen LogP contribution < -0.4 is 0 Å². The van der Waals surface area contributed by atoms with E-state index in [0.717, 1.165) is 5.57 Å². The molecule has 23 heteroatoms. The number of esters is 2. The summed E-state index contributed by atoms with van der Waals surface area (Å²) in [4.78, 5) is 40.3. The van der Waals surface area contributed by atoms with Crippen molar-refractivity contribution in [1.29, 1.82) is 0 Å². The van der Waals surface area contributed by atoms with Crippen molar-refractivity contribution < 1.29 is 114 Å². The number of aliphatic hydroxyl groups excluding tert-OH is 11. The molecule has 4 saturated carbocycles. The minimum atomic E-state index is -2.15. The van der Waals surface area contributed by atoms with Crippen LogP contribution in [-0.4, -0.2) is 216 Å². The molecule has 3 heterocycles. The number of carbonyl (C=O) groups is 3. The number of carboxylic acid groups (broad SMARTS) is 1. The summed E-state index contributed by atoms with van der Waals surface area (Å²) in [5, 5.41) is 133. The van der Waals surface area contributed by atoms with E-state index in [1.807, 2.05) is 20.8 Å². The van der Waals surface area contributed by atoms with Crippen LogP contribution in [0.3, 0.4) is 0 Å². The number of rotatable bonds is 15. The summed E-state index contributed by atoms with van der Waals surface area (Å²) >= 11 is 0. The summed E-state index contributed by atoms with van der Waals surface area (Å²) in [6.07, 6.45) is -21.9. The van der Waals surface area contributed by atoms with E-state index in [2.05, 4.69) is 26.8 Å². The fourth-order valence-corrected chi connectivity index (χ4v) is 16.2. The molecule has 8 aliphatic rings. The zero-order chi connectivity index (χ0) is 59.1. The van der Waals surface area contributed by atoms with Gasteiger partial charge < -0.3 is 99.2 Å². The number of hydrogen-bond acceptors (Lipinski definition) is 22. The Bertz CT molecular complexity index is 2380. The summed E-state index contributed by atoms with van der Waals surface area (Å²) in [6, 6.07) is 0. The van der Waals surface area contributed by atoms with Crippen LogP contribution in [0.25, 0.3) is 0 Å². The minimum absolute atomic E-state index is 0.0864. The van der Waals surface area contributed by atoms with Crippen molar-refractivity contribution in [2.45, 2.75) is 225 Å². The van der Waals surface area contributed by atoms with E-state index in [4.69, 9.17) is 37.9 Å². The van der Waals surface area contributed by atoms with Gasteiger partial charge in [-0.2, -0.15) is 0 Å². The van der Waals surface area contributed by atoms with Gasteiger partial charge in [0.1, 0.15) is 67.1 Å². The summed E-state index contributed by atoms with van der Waals surface area (Å²) in [5.74, 6) is -3.87. The Morgan fingerprint density at radius 3 is 1.73 bits per heavy atom. The molecule has 0 amide bonds. The highest BCUT2D eigenvalue weighted by molar-refractivity contribution is 5.89. The maximum Gasteiger partial charge on any atom is 0.335 e. The Hall–Kier alpha value is -3.05. The third-order valence-corrected chi connectivity index (χ3v) is 21.4. The first-order chi connectivity index (χ1) is 37.5. The molecule has 80 heavy (non-hydrogen) atoms. The first kappa shape index (κ1) is 63.0. The van der Waals surface area contributed by atoms with Crippen molar-refractivity contribution in [3.05, 3.63) is 34.9 Å². The van der Waals surface area contributed by atoms with Crippen LogP contribution >= 0.6 is 0 Å². The van der Waals surface area contributed by atoms with E-state index < -0.39 is 193 Å². The highest BCUT2D eigenvalue weighted by Crippen LogP contribution is 2.76. The van der Waals surface area contributed by atoms with E-state index in [1.54, 1.807) is 39.8 Å². The lowest BCUT2D eigenvalue weighted by atomic mass is 9.33. The van der Waals surface area contributed by atoms with E-state index in [1.165, 1.54) is 0 Å². The number of hydrogen-bond donors (Lipinski definition) is 12. The second-order valence-corrected chi connectivity index (χ2v) is 25.8. The summed E-state index contributed by atoms with van der Waals surface area (Å²) < 4.78 is 49.0. The van der Waals surface area contributed by atoms with Gasteiger partial charge in [-0.25, -0.2) is 14.4 Å². The van der Waals surface area contributed by atoms with Crippen LogP contribution in [0.4, 0.5) is 0 Å². The molecule has 23 nitrogen and oxygen atoms in total. The van der Waals surface area contributed by atoms with Gasteiger partial charge in [-0.05, 0) is 107 Å². The molecule has 0 radical (unpaired) electrons. The standard InChI is InChI=1S/C57H88O23/c1-11-25(3)47(71)79-44-45(80-48(72)26(4)12-2)57(24-61)28(19-52(44,5)6)27-13-14-32-53(7)17-16-34(54(8,23-60)31(53)15-18-55(32,9)56(27,10)20-33(57)62)75-51-43(78-50-39(67)37(65)35(63)29(21-58)73-50)41(40(68)42(77-51)46(69)70)76-49-38(66)36(64)30(22-59)74-49/h11-13,28-45,49-51,58-68H,14-24H2,1-10H3,(H,69,70)/b25-11-,26-12-/t28?,29-,30+,31?,32?,33-,34+,35-,36+,37+,38-,39-,40+,41+,42+,43-,44+,45+,49+,50+,51-,53+,54-,55-,56-,57+/m1/s1. The predicted molar refractivity (Wildman–Crippen MR) is 277 cm³/mol. The molecule has 454 valence electrons. The molecule has 0 aromatic heterocycles. The summed E-state index contributed by atoms with van der Waals surface area (Å²) in [6.45, 7) is 16.4. The van der Waals surface area contributed by atoms with Gasteiger partial charge in [0.25, 0.3) is 0 Å². The van der Waals surface area contributed by atoms with Gasteiger partial charge in [0.15, 0.2) is 31.1 Å². The van der Waals surface area contributed by atoms with Crippen molar-refractivity contribution in [2.75, 3.05) is 26.4 Å². The maximum absolute atomic E-state index is 13.8. The highest BCUT2D eigenvalue weighted by atomic mass is 16.8. The van der Waals surface area contributed by atoms with Gasteiger partial charge in [-0.1, -0.05) is 65.3 Å². The van der Waals surface area contributed by atoms with Crippen molar-refractivity contribution in [3.8, 4) is 0 Å². The molecular weight excluding hydrogens is 1050 g/mol. The molecule has 7 fully saturated rings. The third-order valence-electron chi connectivity index (χ3n) is 21.4. The predicted octanol–water partition coefficient (Wildman–Crippen LogP) is 0.264. The fourth-order valence-electron chi connectivity index (χ4n) is 16.2. The van der Waals surface area contributed by atoms with Gasteiger partial charge >= 0.3 is 17.9 Å². The minimum Gasteiger partial charge on any atom is -0.479 e. The molecule has 0 bridgehead atoms. The Balaban J connectivity index is 1.14. The van der Waals surface area contributed by atoms with Crippen LogP contribution in [-0.2, 0) is 52.3 Å². The van der Waals surface area contributed by atoms with Gasteiger partial charge in [0.05, 0.1) is 44.1 Å². The molecule has 8 rings (SSSR count). The van der Waals surface area contributed by atoms with E-state index in [0.29, 0.717) is 43.3 Å². The SMILES string of the molecule is C/C=C(/C)C(=O)O[C@H]1[C@H](OC(=O)/C(C)=C\C)[C@@]2(CO)C(CC1(C)C)C1=CCC3[C@@]4(C)CC[C@H](O[C@@H]5O[C@H](C(=O)O)[C@@H](O)[C@H](O[C@@H]6O[C@@H](CO)[C@H](O)[C@H]6O)[C@H]5O[C@@H]5O[C@H](CO)[C@@H](O)[C@H](O)[C@H]5O)[C@](C)(CO)C4CC[C@@]3(C)[C@]1(C)C[C@H]2O. The quantitative estimate of drug-likeness (QED) is 0.0453. The van der Waals surface area contributed by atoms with Crippen molar-refractivity contribution in [2.24, 2.45) is 50.2 Å². The van der Waals surface area contributed by atoms with Gasteiger partial charge in [-0.15, -0.1) is 0 Å². The number of carboxylic acids is 1. The normalized spacial score (nSPS) is 49.3. The average Bonchev–Trinajstić information content (AvgIpc) is 3.85. The Kier molecular flexibility index (Phi) is 18.2. The van der Waals surface area contributed by atoms with Gasteiger partial charge in [0.2, 0.25) is 0 Å². The third kappa shape index (κ3) is 9.95. The van der Waals surface area contributed by atoms with E-state index in [-0.39, 0.29) is 24.7 Å². The first-order valence-corrected chi connectivity index (χ1v) is 28.2. The molecule has 3 saturated heterocycles. The second kappa shape index (κ2) is 23.1. The van der Waals surface area contributed by atoms with Crippen LogP contribution in [0.5, 0.6) is 0 Å². The zero-order valence-corrected chi connectivity index (χ0v) is 47.5. The molecule has 3 aliphatic heterocycles. The topological polar surface area (TPSA) is 368 Å². The summed E-state index contributed by atoms with van der Waals surface area (Å²) in [5.41, 5.74) is -3.55. The van der Waals surface area contributed by atoms with Crippen molar-refractivity contribution in [1.82, 2.24) is 0 Å². The Morgan fingerprint density at radius 1 is 0.637 bits per heavy atom. The maximum atomic E-state index is 13.8. The smallest absolute Gasteiger partial charge is 0.335 e. The lowest BCUT2D eigenvalue weighted by molar-refractivity contribution is -0.387. The lowest BCUT2D eigenvalue weighted by Crippen LogP contribution is -2.72. The fraction of sp³-hybridized carbons (Fsp3) is 0.842. The van der Waals surface area contributed by atoms with Crippen molar-refractivity contribution >= 4 is 17.9 Å². The number of allylic oxidation sites excluding steroid dienone is 4. The average molecular weight is 1140 g/mol. The molecular formula is C57H88O23. The molecule has 26 atom stereocenters. The van der Waals surface area contributed by atoms with Crippen LogP contribution in [0, 0.1) is 50.2 Å². The monoisotopic (exact) mass is 1140 g/mol. The van der Waals surface area contributed by atoms with Crippen LogP contribution in [0.2, 0.25) is 0 Å². The van der Waals surface area contributed by atoms with Crippen LogP contribution in [0.1, 0.15) is 114 Å². The van der Waals surface area contributed by atoms with Gasteiger partial charge in [-0.3, -0.25) is 0 Å². The molecule has 0 aromatic carbocycles. The number of ether oxygens (including phenoxy) is 8. The first-order valence-electron chi connectivity index (χ1n) is 28.2. The molecule has 0 spiro atoms. The number of aliphatic carboxylic acids is 1. The lowest BCUT2D eigenvalue weighted by Gasteiger charge is -2.72. The summed E-state index contributed by atoms with van der Waals surface area (Å²) in [7, 11) is 0. The largest absolute Gasteiger partial charge is 0.479 e. The Morgan fingerprint density at radius 2 is 1.19 bits per heavy atom. The Labute approximate surface area is 466 Å². The second-order valence-electron chi connectivity index (χ2n) is 25.8. The number of aliphatic hydroxyl groups is 11. The number of fused-ring (bicyclic) bond motifs is 7. The number of carbonyl (C=O) groups excluding carboxylic acids is 2. The van der Waals surface area contributed by atoms with E-state index >= 15 is 0 Å². The van der Waals surface area contributed by atoms with E-state index in [9.17, 15) is 75.7 Å². The van der Waals surface area contributed by atoms with Crippen molar-refractivity contribution in [3.63, 3.8) is 0 Å². The molecule has 12 N–H and O–H groups in total. The molecule has 5 aliphatic carbocycles. The highest BCUT2D eigenvalue weighted by Gasteiger charge is 2.74. The van der Waals surface area contributed by atoms with Gasteiger partial charge in [0, 0.05) is 22.0 Å². The zero-order valence-electron chi connectivity index (χ0n) is 47.5. The van der Waals surface area contributed by atoms with Crippen LogP contribution in [0.15, 0.2) is 34.9 Å².